The van der Waals surface area contributed by atoms with Gasteiger partial charge in [-0.05, 0) is 6.08 Å². The molecule has 0 spiro atoms. The molecule has 1 atom stereocenters. The first-order valence-electron chi connectivity index (χ1n) is 5.93. The van der Waals surface area contributed by atoms with E-state index in [0.717, 1.165) is 16.8 Å². The van der Waals surface area contributed by atoms with Crippen molar-refractivity contribution < 1.29 is 23.4 Å². The molecule has 1 aromatic rings. The monoisotopic (exact) mass is 406 g/mol. The summed E-state index contributed by atoms with van der Waals surface area (Å²) in [6.07, 6.45) is 2.27. The average Bonchev–Trinajstić information content (AvgIpc) is 2.65. The molecule has 0 saturated heterocycles. The molecule has 0 aromatic carbocycles. The predicted molar refractivity (Wildman–Crippen MR) is 82.3 cm³/mol. The molecular weight excluding hydrogens is 400 g/mol. The summed E-state index contributed by atoms with van der Waals surface area (Å²) >= 11 is 23.9. The highest BCUT2D eigenvalue weighted by atomic mass is 35.5. The molecule has 1 heterocycles. The third-order valence-electron chi connectivity index (χ3n) is 2.99. The maximum absolute atomic E-state index is 12.4. The van der Waals surface area contributed by atoms with E-state index in [1.165, 1.54) is 7.05 Å². The minimum atomic E-state index is -3.10. The molecule has 23 heavy (non-hydrogen) atoms. The zero-order valence-corrected chi connectivity index (χ0v) is 14.3. The van der Waals surface area contributed by atoms with E-state index in [1.807, 2.05) is 0 Å². The van der Waals surface area contributed by atoms with Gasteiger partial charge in [-0.25, -0.2) is 4.68 Å². The zero-order valence-electron chi connectivity index (χ0n) is 11.2. The molecule has 0 fully saturated rings. The number of aryl methyl sites for hydroxylation is 1. The number of nitrogens with zero attached hydrogens (tertiary/aromatic N) is 2. The van der Waals surface area contributed by atoms with Gasteiger partial charge in [0, 0.05) is 17.7 Å². The molecule has 5 nitrogen and oxygen atoms in total. The van der Waals surface area contributed by atoms with Gasteiger partial charge in [-0.1, -0.05) is 52.5 Å². The number of rotatable bonds is 4. The molecule has 0 amide bonds. The Morgan fingerprint density at radius 2 is 2.09 bits per heavy atom. The maximum Gasteiger partial charge on any atom is 0.388 e. The van der Waals surface area contributed by atoms with E-state index in [0.29, 0.717) is 0 Å². The van der Waals surface area contributed by atoms with Crippen molar-refractivity contribution in [2.24, 2.45) is 13.0 Å². The fraction of sp³-hybridized carbons (Fsp3) is 0.333. The number of aliphatic carboxylic acids is 1. The van der Waals surface area contributed by atoms with Crippen LogP contribution < -0.4 is 4.74 Å². The molecule has 2 rings (SSSR count). The molecule has 1 aliphatic rings. The number of hydrogen-bond donors (Lipinski definition) is 1. The largest absolute Gasteiger partial charge is 0.481 e. The van der Waals surface area contributed by atoms with Crippen molar-refractivity contribution >= 4 is 57.9 Å². The number of alkyl halides is 4. The van der Waals surface area contributed by atoms with Gasteiger partial charge in [-0.15, -0.1) is 0 Å². The fourth-order valence-corrected chi connectivity index (χ4v) is 3.26. The van der Waals surface area contributed by atoms with Gasteiger partial charge in [0.25, 0.3) is 0 Å². The smallest absolute Gasteiger partial charge is 0.388 e. The van der Waals surface area contributed by atoms with Crippen LogP contribution in [0.1, 0.15) is 5.69 Å². The SMILES string of the molecule is Cn1nc(C2=CC(C(=O)O)C(Cl)(Cl)C=C2Cl)c(Cl)c1OC(F)F. The lowest BCUT2D eigenvalue weighted by atomic mass is 9.93. The molecule has 0 radical (unpaired) electrons. The number of aromatic nitrogens is 2. The molecule has 0 bridgehead atoms. The van der Waals surface area contributed by atoms with Crippen molar-refractivity contribution in [3.8, 4) is 5.88 Å². The predicted octanol–water partition coefficient (Wildman–Crippen LogP) is 4.07. The topological polar surface area (TPSA) is 64.4 Å². The van der Waals surface area contributed by atoms with Gasteiger partial charge in [-0.2, -0.15) is 13.9 Å². The van der Waals surface area contributed by atoms with Crippen LogP contribution in [0.3, 0.4) is 0 Å². The first-order valence-corrected chi connectivity index (χ1v) is 7.44. The van der Waals surface area contributed by atoms with E-state index >= 15 is 0 Å². The number of hydrogen-bond acceptors (Lipinski definition) is 3. The number of halogens is 6. The van der Waals surface area contributed by atoms with Crippen LogP contribution in [0.15, 0.2) is 17.2 Å². The number of carboxylic acids is 1. The van der Waals surface area contributed by atoms with Gasteiger partial charge in [-0.3, -0.25) is 4.79 Å². The molecule has 126 valence electrons. The Morgan fingerprint density at radius 3 is 2.61 bits per heavy atom. The van der Waals surface area contributed by atoms with Gasteiger partial charge >= 0.3 is 12.6 Å². The van der Waals surface area contributed by atoms with Crippen LogP contribution in [-0.2, 0) is 11.8 Å². The van der Waals surface area contributed by atoms with Crippen molar-refractivity contribution in [1.29, 1.82) is 0 Å². The molecule has 0 saturated carbocycles. The molecule has 1 aliphatic carbocycles. The van der Waals surface area contributed by atoms with Crippen molar-refractivity contribution in [1.82, 2.24) is 9.78 Å². The van der Waals surface area contributed by atoms with E-state index in [1.54, 1.807) is 0 Å². The second-order valence-corrected chi connectivity index (χ2v) is 6.76. The second-order valence-electron chi connectivity index (χ2n) is 4.53. The van der Waals surface area contributed by atoms with Gasteiger partial charge in [0.05, 0.1) is 0 Å². The van der Waals surface area contributed by atoms with Gasteiger partial charge in [0.2, 0.25) is 5.88 Å². The summed E-state index contributed by atoms with van der Waals surface area (Å²) in [5, 5.41) is 12.9. The van der Waals surface area contributed by atoms with Crippen molar-refractivity contribution in [3.05, 3.63) is 27.9 Å². The number of allylic oxidation sites excluding steroid dienone is 3. The fourth-order valence-electron chi connectivity index (χ4n) is 1.99. The van der Waals surface area contributed by atoms with Crippen molar-refractivity contribution in [2.45, 2.75) is 10.9 Å². The lowest BCUT2D eigenvalue weighted by Gasteiger charge is -2.26. The van der Waals surface area contributed by atoms with Crippen molar-refractivity contribution in [3.63, 3.8) is 0 Å². The highest BCUT2D eigenvalue weighted by Gasteiger charge is 2.42. The molecule has 1 unspecified atom stereocenters. The van der Waals surface area contributed by atoms with E-state index in [4.69, 9.17) is 46.4 Å². The number of carboxylic acid groups (broad SMARTS) is 1. The molecule has 1 aromatic heterocycles. The zero-order chi connectivity index (χ0) is 17.5. The van der Waals surface area contributed by atoms with Gasteiger partial charge < -0.3 is 9.84 Å². The highest BCUT2D eigenvalue weighted by Crippen LogP contribution is 2.46. The Hall–Kier alpha value is -1.02. The van der Waals surface area contributed by atoms with E-state index < -0.39 is 22.8 Å². The third kappa shape index (κ3) is 3.57. The maximum atomic E-state index is 12.4. The molecule has 0 aliphatic heterocycles. The minimum absolute atomic E-state index is 0.0175. The van der Waals surface area contributed by atoms with Gasteiger partial charge in [0.1, 0.15) is 16.6 Å². The normalized spacial score (nSPS) is 20.3. The van der Waals surface area contributed by atoms with Crippen LogP contribution in [0.2, 0.25) is 5.02 Å². The van der Waals surface area contributed by atoms with Gasteiger partial charge in [0.15, 0.2) is 4.33 Å². The Kier molecular flexibility index (Phi) is 5.15. The van der Waals surface area contributed by atoms with Crippen LogP contribution in [0.25, 0.3) is 5.57 Å². The van der Waals surface area contributed by atoms with Crippen LogP contribution in [0.4, 0.5) is 8.78 Å². The summed E-state index contributed by atoms with van der Waals surface area (Å²) in [4.78, 5) is 11.3. The molecule has 11 heteroatoms. The van der Waals surface area contributed by atoms with Crippen LogP contribution in [0, 0.1) is 5.92 Å². The Morgan fingerprint density at radius 1 is 1.48 bits per heavy atom. The summed E-state index contributed by atoms with van der Waals surface area (Å²) < 4.78 is 28.3. The summed E-state index contributed by atoms with van der Waals surface area (Å²) in [7, 11) is 1.33. The Labute approximate surface area is 149 Å². The number of ether oxygens (including phenoxy) is 1. The summed E-state index contributed by atoms with van der Waals surface area (Å²) in [6.45, 7) is -3.10. The van der Waals surface area contributed by atoms with E-state index in [-0.39, 0.29) is 27.2 Å². The quantitative estimate of drug-likeness (QED) is 0.764. The summed E-state index contributed by atoms with van der Waals surface area (Å²) in [5.74, 6) is -3.02. The highest BCUT2D eigenvalue weighted by molar-refractivity contribution is 6.53. The number of carbonyl (C=O) groups is 1. The van der Waals surface area contributed by atoms with Crippen LogP contribution in [-0.4, -0.2) is 31.8 Å². The molecular formula is C12H8Cl4F2N2O3. The van der Waals surface area contributed by atoms with E-state index in [9.17, 15) is 18.7 Å². The Bertz CT molecular complexity index is 715. The van der Waals surface area contributed by atoms with E-state index in [2.05, 4.69) is 9.84 Å². The minimum Gasteiger partial charge on any atom is -0.481 e. The summed E-state index contributed by atoms with van der Waals surface area (Å²) in [6, 6.07) is 0. The standard InChI is InChI=1S/C12H8Cl4F2N2O3/c1-20-9(23-11(17)18)7(14)8(19-20)4-2-5(10(21)22)12(15,16)3-6(4)13/h2-3,5,11H,1H3,(H,21,22). The van der Waals surface area contributed by atoms with Crippen LogP contribution in [0.5, 0.6) is 5.88 Å². The average molecular weight is 408 g/mol. The third-order valence-corrected chi connectivity index (χ3v) is 4.33. The summed E-state index contributed by atoms with van der Waals surface area (Å²) in [5.41, 5.74) is 0.0712. The van der Waals surface area contributed by atoms with Crippen molar-refractivity contribution in [2.75, 3.05) is 0 Å². The molecule has 1 N–H and O–H groups in total. The first-order chi connectivity index (χ1) is 10.5. The first kappa shape index (κ1) is 18.3. The lowest BCUT2D eigenvalue weighted by molar-refractivity contribution is -0.140. The Balaban J connectivity index is 2.54. The second kappa shape index (κ2) is 6.47. The van der Waals surface area contributed by atoms with Crippen LogP contribution >= 0.6 is 46.4 Å². The lowest BCUT2D eigenvalue weighted by Crippen LogP contribution is -2.31.